The lowest BCUT2D eigenvalue weighted by molar-refractivity contribution is 0.0315. The second-order valence-electron chi connectivity index (χ2n) is 4.60. The highest BCUT2D eigenvalue weighted by molar-refractivity contribution is 5.31. The topological polar surface area (TPSA) is 56.5 Å². The van der Waals surface area contributed by atoms with E-state index in [0.29, 0.717) is 0 Å². The van der Waals surface area contributed by atoms with Gasteiger partial charge in [-0.2, -0.15) is 0 Å². The van der Waals surface area contributed by atoms with Crippen LogP contribution in [0.1, 0.15) is 31.4 Å². The number of halogens is 1. The molecule has 1 heterocycles. The lowest BCUT2D eigenvalue weighted by atomic mass is 9.99. The molecule has 3 unspecified atom stereocenters. The zero-order chi connectivity index (χ0) is 13.1. The molecule has 100 valence electrons. The Morgan fingerprint density at radius 3 is 2.78 bits per heavy atom. The number of rotatable bonds is 4. The van der Waals surface area contributed by atoms with Crippen molar-refractivity contribution < 1.29 is 13.9 Å². The number of ether oxygens (including phenoxy) is 2. The molecule has 1 fully saturated rings. The smallest absolute Gasteiger partial charge is 0.165 e. The van der Waals surface area contributed by atoms with Crippen molar-refractivity contribution in [2.24, 2.45) is 5.84 Å². The Morgan fingerprint density at radius 1 is 1.50 bits per heavy atom. The van der Waals surface area contributed by atoms with E-state index in [1.165, 1.54) is 13.2 Å². The summed E-state index contributed by atoms with van der Waals surface area (Å²) in [6, 6.07) is 4.65. The van der Waals surface area contributed by atoms with Gasteiger partial charge in [0.2, 0.25) is 0 Å². The second kappa shape index (κ2) is 5.65. The summed E-state index contributed by atoms with van der Waals surface area (Å²) in [5.41, 5.74) is 3.49. The predicted octanol–water partition coefficient (Wildman–Crippen LogP) is 1.91. The molecule has 2 rings (SSSR count). The van der Waals surface area contributed by atoms with Gasteiger partial charge in [0, 0.05) is 0 Å². The van der Waals surface area contributed by atoms with Gasteiger partial charge in [0.25, 0.3) is 0 Å². The van der Waals surface area contributed by atoms with Crippen molar-refractivity contribution in [1.29, 1.82) is 0 Å². The standard InChI is InChI=1S/C13H19FN2O2/c1-8-3-5-12(18-8)13(16-15)9-4-6-11(17-2)10(14)7-9/h4,6-8,12-13,16H,3,5,15H2,1-2H3. The third-order valence-corrected chi connectivity index (χ3v) is 3.35. The van der Waals surface area contributed by atoms with Crippen LogP contribution >= 0.6 is 0 Å². The largest absolute Gasteiger partial charge is 0.494 e. The average molecular weight is 254 g/mol. The van der Waals surface area contributed by atoms with E-state index in [2.05, 4.69) is 5.43 Å². The van der Waals surface area contributed by atoms with Gasteiger partial charge in [0.05, 0.1) is 25.4 Å². The summed E-state index contributed by atoms with van der Waals surface area (Å²) in [7, 11) is 1.44. The van der Waals surface area contributed by atoms with Crippen LogP contribution in [0.25, 0.3) is 0 Å². The Bertz CT molecular complexity index is 414. The van der Waals surface area contributed by atoms with E-state index in [1.807, 2.05) is 6.92 Å². The highest BCUT2D eigenvalue weighted by Crippen LogP contribution is 2.31. The molecule has 0 amide bonds. The number of hydrogen-bond acceptors (Lipinski definition) is 4. The van der Waals surface area contributed by atoms with Gasteiger partial charge in [-0.15, -0.1) is 0 Å². The molecular formula is C13H19FN2O2. The van der Waals surface area contributed by atoms with Crippen LogP contribution in [-0.4, -0.2) is 19.3 Å². The minimum absolute atomic E-state index is 0.0159. The first kappa shape index (κ1) is 13.3. The van der Waals surface area contributed by atoms with Gasteiger partial charge in [-0.1, -0.05) is 6.07 Å². The Labute approximate surface area is 106 Å². The number of methoxy groups -OCH3 is 1. The summed E-state index contributed by atoms with van der Waals surface area (Å²) in [5.74, 6) is 5.41. The van der Waals surface area contributed by atoms with Gasteiger partial charge in [-0.3, -0.25) is 11.3 Å². The first-order valence-corrected chi connectivity index (χ1v) is 6.10. The van der Waals surface area contributed by atoms with Crippen molar-refractivity contribution >= 4 is 0 Å². The molecule has 0 aliphatic carbocycles. The van der Waals surface area contributed by atoms with Crippen LogP contribution in [0.2, 0.25) is 0 Å². The van der Waals surface area contributed by atoms with Crippen LogP contribution in [0, 0.1) is 5.82 Å². The van der Waals surface area contributed by atoms with Gasteiger partial charge in [-0.05, 0) is 37.5 Å². The monoisotopic (exact) mass is 254 g/mol. The van der Waals surface area contributed by atoms with Crippen molar-refractivity contribution in [1.82, 2.24) is 5.43 Å². The lowest BCUT2D eigenvalue weighted by Gasteiger charge is -2.23. The van der Waals surface area contributed by atoms with E-state index in [1.54, 1.807) is 12.1 Å². The first-order chi connectivity index (χ1) is 8.65. The molecule has 1 saturated heterocycles. The van der Waals surface area contributed by atoms with Gasteiger partial charge < -0.3 is 9.47 Å². The zero-order valence-corrected chi connectivity index (χ0v) is 10.7. The summed E-state index contributed by atoms with van der Waals surface area (Å²) in [6.07, 6.45) is 2.14. The van der Waals surface area contributed by atoms with Crippen LogP contribution in [0.5, 0.6) is 5.75 Å². The average Bonchev–Trinajstić information content (AvgIpc) is 2.77. The minimum Gasteiger partial charge on any atom is -0.494 e. The molecule has 0 saturated carbocycles. The zero-order valence-electron chi connectivity index (χ0n) is 10.7. The summed E-state index contributed by atoms with van der Waals surface area (Å²) < 4.78 is 24.3. The summed E-state index contributed by atoms with van der Waals surface area (Å²) in [6.45, 7) is 2.03. The maximum absolute atomic E-state index is 13.7. The summed E-state index contributed by atoms with van der Waals surface area (Å²) in [5, 5.41) is 0. The van der Waals surface area contributed by atoms with E-state index in [-0.39, 0.29) is 29.8 Å². The number of hydrazine groups is 1. The number of benzene rings is 1. The molecule has 0 spiro atoms. The number of nitrogens with two attached hydrogens (primary N) is 1. The Kier molecular flexibility index (Phi) is 4.16. The van der Waals surface area contributed by atoms with Crippen molar-refractivity contribution in [3.63, 3.8) is 0 Å². The molecule has 4 nitrogen and oxygen atoms in total. The first-order valence-electron chi connectivity index (χ1n) is 6.10. The molecule has 3 atom stereocenters. The minimum atomic E-state index is -0.388. The fourth-order valence-electron chi connectivity index (χ4n) is 2.37. The molecular weight excluding hydrogens is 235 g/mol. The van der Waals surface area contributed by atoms with E-state index in [4.69, 9.17) is 15.3 Å². The number of hydrogen-bond donors (Lipinski definition) is 2. The summed E-state index contributed by atoms with van der Waals surface area (Å²) in [4.78, 5) is 0. The van der Waals surface area contributed by atoms with Crippen molar-refractivity contribution in [2.45, 2.75) is 38.0 Å². The van der Waals surface area contributed by atoms with Gasteiger partial charge >= 0.3 is 0 Å². The fraction of sp³-hybridized carbons (Fsp3) is 0.538. The lowest BCUT2D eigenvalue weighted by Crippen LogP contribution is -2.36. The third-order valence-electron chi connectivity index (χ3n) is 3.35. The van der Waals surface area contributed by atoms with E-state index < -0.39 is 0 Å². The quantitative estimate of drug-likeness (QED) is 0.636. The fourth-order valence-corrected chi connectivity index (χ4v) is 2.37. The third kappa shape index (κ3) is 2.63. The Balaban J connectivity index is 2.19. The predicted molar refractivity (Wildman–Crippen MR) is 66.6 cm³/mol. The number of nitrogens with one attached hydrogen (secondary N) is 1. The Morgan fingerprint density at radius 2 is 2.28 bits per heavy atom. The van der Waals surface area contributed by atoms with E-state index >= 15 is 0 Å². The highest BCUT2D eigenvalue weighted by atomic mass is 19.1. The molecule has 1 aromatic rings. The molecule has 1 aliphatic heterocycles. The van der Waals surface area contributed by atoms with Gasteiger partial charge in [-0.25, -0.2) is 4.39 Å². The van der Waals surface area contributed by atoms with Crippen LogP contribution in [0.15, 0.2) is 18.2 Å². The van der Waals surface area contributed by atoms with Crippen LogP contribution in [0.3, 0.4) is 0 Å². The van der Waals surface area contributed by atoms with Crippen molar-refractivity contribution in [2.75, 3.05) is 7.11 Å². The molecule has 3 N–H and O–H groups in total. The van der Waals surface area contributed by atoms with Crippen molar-refractivity contribution in [3.05, 3.63) is 29.6 Å². The van der Waals surface area contributed by atoms with Crippen LogP contribution in [-0.2, 0) is 4.74 Å². The van der Waals surface area contributed by atoms with Gasteiger partial charge in [0.1, 0.15) is 0 Å². The van der Waals surface area contributed by atoms with Gasteiger partial charge in [0.15, 0.2) is 11.6 Å². The van der Waals surface area contributed by atoms with E-state index in [0.717, 1.165) is 18.4 Å². The molecule has 5 heteroatoms. The molecule has 0 bridgehead atoms. The van der Waals surface area contributed by atoms with Crippen LogP contribution < -0.4 is 16.0 Å². The molecule has 1 aliphatic rings. The summed E-state index contributed by atoms with van der Waals surface area (Å²) >= 11 is 0. The normalized spacial score (nSPS) is 25.1. The highest BCUT2D eigenvalue weighted by Gasteiger charge is 2.30. The molecule has 0 aromatic heterocycles. The molecule has 0 radical (unpaired) electrons. The molecule has 18 heavy (non-hydrogen) atoms. The van der Waals surface area contributed by atoms with Crippen LogP contribution in [0.4, 0.5) is 4.39 Å². The van der Waals surface area contributed by atoms with E-state index in [9.17, 15) is 4.39 Å². The molecule has 1 aromatic carbocycles. The van der Waals surface area contributed by atoms with Crippen molar-refractivity contribution in [3.8, 4) is 5.75 Å². The maximum Gasteiger partial charge on any atom is 0.165 e. The second-order valence-corrected chi connectivity index (χ2v) is 4.60. The maximum atomic E-state index is 13.7. The Hall–Kier alpha value is -1.17. The SMILES string of the molecule is COc1ccc(C(NN)C2CCC(C)O2)cc1F.